The average Bonchev–Trinajstić information content (AvgIpc) is 3.42. The molecule has 4 rings (SSSR count). The van der Waals surface area contributed by atoms with Crippen LogP contribution < -0.4 is 15.0 Å². The van der Waals surface area contributed by atoms with Gasteiger partial charge < -0.3 is 15.0 Å². The van der Waals surface area contributed by atoms with Crippen LogP contribution in [0, 0.1) is 0 Å². The summed E-state index contributed by atoms with van der Waals surface area (Å²) in [5.74, 6) is 0.250. The number of nitrogens with one attached hydrogen (secondary N) is 1. The first-order valence-corrected chi connectivity index (χ1v) is 12.6. The van der Waals surface area contributed by atoms with Crippen molar-refractivity contribution >= 4 is 63.5 Å². The van der Waals surface area contributed by atoms with E-state index in [-0.39, 0.29) is 18.2 Å². The average molecular weight is 514 g/mol. The number of anilines is 2. The molecule has 0 saturated carbocycles. The fourth-order valence-corrected chi connectivity index (χ4v) is 5.03. The van der Waals surface area contributed by atoms with E-state index < -0.39 is 6.04 Å². The molecule has 1 N–H and O–H groups in total. The van der Waals surface area contributed by atoms with E-state index in [1.54, 1.807) is 59.9 Å². The Labute approximate surface area is 213 Å². The summed E-state index contributed by atoms with van der Waals surface area (Å²) in [5.41, 5.74) is 1.27. The van der Waals surface area contributed by atoms with Gasteiger partial charge in [-0.15, -0.1) is 11.3 Å². The van der Waals surface area contributed by atoms with Crippen molar-refractivity contribution in [2.75, 3.05) is 23.4 Å². The highest BCUT2D eigenvalue weighted by molar-refractivity contribution is 7.80. The number of ether oxygens (including phenoxy) is 1. The summed E-state index contributed by atoms with van der Waals surface area (Å²) < 4.78 is 5.44. The van der Waals surface area contributed by atoms with Crippen molar-refractivity contribution in [1.29, 1.82) is 0 Å². The smallest absolute Gasteiger partial charge is 0.256 e. The summed E-state index contributed by atoms with van der Waals surface area (Å²) in [7, 11) is 0. The molecule has 34 heavy (non-hydrogen) atoms. The summed E-state index contributed by atoms with van der Waals surface area (Å²) in [6.45, 7) is 3.02. The first-order valence-electron chi connectivity index (χ1n) is 10.9. The highest BCUT2D eigenvalue weighted by Gasteiger charge is 2.43. The van der Waals surface area contributed by atoms with Crippen molar-refractivity contribution in [3.05, 3.63) is 75.9 Å². The second-order valence-electron chi connectivity index (χ2n) is 7.68. The van der Waals surface area contributed by atoms with Crippen LogP contribution >= 0.6 is 35.2 Å². The lowest BCUT2D eigenvalue weighted by Crippen LogP contribution is -2.39. The fraction of sp³-hybridized carbons (Fsp3) is 0.240. The summed E-state index contributed by atoms with van der Waals surface area (Å²) in [4.78, 5) is 30.9. The van der Waals surface area contributed by atoms with E-state index in [0.717, 1.165) is 12.2 Å². The van der Waals surface area contributed by atoms with Crippen LogP contribution in [0.5, 0.6) is 5.75 Å². The van der Waals surface area contributed by atoms with Gasteiger partial charge in [0.05, 0.1) is 18.7 Å². The summed E-state index contributed by atoms with van der Waals surface area (Å²) in [6.07, 6.45) is 0.720. The Bertz CT molecular complexity index is 1150. The minimum Gasteiger partial charge on any atom is -0.494 e. The Kier molecular flexibility index (Phi) is 7.82. The van der Waals surface area contributed by atoms with E-state index in [2.05, 4.69) is 11.4 Å². The van der Waals surface area contributed by atoms with Crippen LogP contribution in [0.2, 0.25) is 5.02 Å². The monoisotopic (exact) mass is 513 g/mol. The van der Waals surface area contributed by atoms with Gasteiger partial charge in [0.2, 0.25) is 5.91 Å². The predicted octanol–water partition coefficient (Wildman–Crippen LogP) is 5.37. The van der Waals surface area contributed by atoms with Gasteiger partial charge in [-0.3, -0.25) is 14.5 Å². The molecule has 6 nitrogen and oxygen atoms in total. The largest absolute Gasteiger partial charge is 0.494 e. The third-order valence-electron chi connectivity index (χ3n) is 5.41. The van der Waals surface area contributed by atoms with Gasteiger partial charge >= 0.3 is 0 Å². The van der Waals surface area contributed by atoms with Gasteiger partial charge in [-0.05, 0) is 85.5 Å². The maximum absolute atomic E-state index is 13.4. The van der Waals surface area contributed by atoms with Gasteiger partial charge in [0.25, 0.3) is 5.91 Å². The van der Waals surface area contributed by atoms with Gasteiger partial charge in [0, 0.05) is 22.1 Å². The number of thiophene rings is 1. The molecule has 2 heterocycles. The van der Waals surface area contributed by atoms with Gasteiger partial charge in [-0.2, -0.15) is 0 Å². The maximum Gasteiger partial charge on any atom is 0.256 e. The Hall–Kier alpha value is -2.94. The first kappa shape index (κ1) is 24.2. The molecule has 0 aliphatic carbocycles. The number of hydrogen-bond donors (Lipinski definition) is 1. The molecule has 1 fully saturated rings. The van der Waals surface area contributed by atoms with Crippen molar-refractivity contribution in [1.82, 2.24) is 4.90 Å². The second kappa shape index (κ2) is 11.0. The fourth-order valence-electron chi connectivity index (χ4n) is 3.79. The number of thiocarbonyl (C=S) groups is 1. The van der Waals surface area contributed by atoms with Crippen LogP contribution in [-0.4, -0.2) is 41.0 Å². The normalized spacial score (nSPS) is 15.6. The predicted molar refractivity (Wildman–Crippen MR) is 141 cm³/mol. The highest BCUT2D eigenvalue weighted by Crippen LogP contribution is 2.29. The molecule has 2 aromatic carbocycles. The summed E-state index contributed by atoms with van der Waals surface area (Å²) in [6, 6.07) is 17.4. The number of benzene rings is 2. The summed E-state index contributed by atoms with van der Waals surface area (Å²) >= 11 is 13.4. The number of carbonyl (C=O) groups excluding carboxylic acids is 2. The topological polar surface area (TPSA) is 61.9 Å². The number of nitrogens with zero attached hydrogens (tertiary/aromatic N) is 2. The first-order chi connectivity index (χ1) is 16.5. The van der Waals surface area contributed by atoms with E-state index in [9.17, 15) is 9.59 Å². The number of rotatable bonds is 9. The molecule has 1 saturated heterocycles. The van der Waals surface area contributed by atoms with Crippen molar-refractivity contribution in [3.8, 4) is 5.75 Å². The SMILES string of the molecule is CCOc1ccc(NC(=O)CC2C(=O)N(c3ccc(Cl)cc3)C(=S)N2CCc2cccs2)cc1. The van der Waals surface area contributed by atoms with Crippen LogP contribution in [0.1, 0.15) is 18.2 Å². The number of hydrogen-bond acceptors (Lipinski definition) is 5. The molecule has 0 radical (unpaired) electrons. The zero-order chi connectivity index (χ0) is 24.1. The zero-order valence-corrected chi connectivity index (χ0v) is 21.0. The molecule has 1 aliphatic heterocycles. The van der Waals surface area contributed by atoms with Crippen LogP contribution in [0.3, 0.4) is 0 Å². The molecule has 3 aromatic rings. The van der Waals surface area contributed by atoms with E-state index in [1.807, 2.05) is 23.3 Å². The number of amides is 2. The minimum absolute atomic E-state index is 0.0132. The van der Waals surface area contributed by atoms with Gasteiger partial charge in [0.1, 0.15) is 11.8 Å². The summed E-state index contributed by atoms with van der Waals surface area (Å²) in [5, 5.41) is 5.86. The lowest BCUT2D eigenvalue weighted by molar-refractivity contribution is -0.124. The van der Waals surface area contributed by atoms with Crippen molar-refractivity contribution in [2.24, 2.45) is 0 Å². The van der Waals surface area contributed by atoms with E-state index >= 15 is 0 Å². The van der Waals surface area contributed by atoms with Crippen LogP contribution in [-0.2, 0) is 16.0 Å². The van der Waals surface area contributed by atoms with Gasteiger partial charge in [-0.1, -0.05) is 17.7 Å². The van der Waals surface area contributed by atoms with E-state index in [0.29, 0.717) is 34.7 Å². The Balaban J connectivity index is 1.51. The molecular formula is C25H24ClN3O3S2. The molecule has 1 aliphatic rings. The van der Waals surface area contributed by atoms with E-state index in [4.69, 9.17) is 28.6 Å². The Morgan fingerprint density at radius 2 is 1.88 bits per heavy atom. The molecule has 1 unspecified atom stereocenters. The quantitative estimate of drug-likeness (QED) is 0.389. The highest BCUT2D eigenvalue weighted by atomic mass is 35.5. The number of carbonyl (C=O) groups is 2. The lowest BCUT2D eigenvalue weighted by atomic mass is 10.1. The van der Waals surface area contributed by atoms with Crippen molar-refractivity contribution in [2.45, 2.75) is 25.8 Å². The molecule has 2 amide bonds. The molecular weight excluding hydrogens is 490 g/mol. The maximum atomic E-state index is 13.4. The minimum atomic E-state index is -0.689. The third-order valence-corrected chi connectivity index (χ3v) is 7.02. The number of halogens is 1. The third kappa shape index (κ3) is 5.58. The van der Waals surface area contributed by atoms with Crippen LogP contribution in [0.15, 0.2) is 66.0 Å². The van der Waals surface area contributed by atoms with Gasteiger partial charge in [0.15, 0.2) is 5.11 Å². The zero-order valence-electron chi connectivity index (χ0n) is 18.6. The molecule has 0 bridgehead atoms. The van der Waals surface area contributed by atoms with Crippen LogP contribution in [0.4, 0.5) is 11.4 Å². The molecule has 1 atom stereocenters. The molecule has 176 valence electrons. The molecule has 9 heteroatoms. The Morgan fingerprint density at radius 3 is 2.53 bits per heavy atom. The molecule has 1 aromatic heterocycles. The standard InChI is InChI=1S/C25H24ClN3O3S2/c1-2-32-20-11-7-18(8-12-20)27-23(30)16-22-24(31)29(19-9-5-17(26)6-10-19)25(33)28(22)14-13-21-4-3-15-34-21/h3-12,15,22H,2,13-14,16H2,1H3,(H,27,30). The van der Waals surface area contributed by atoms with Crippen molar-refractivity contribution < 1.29 is 14.3 Å². The molecule has 0 spiro atoms. The van der Waals surface area contributed by atoms with Gasteiger partial charge in [-0.25, -0.2) is 0 Å². The lowest BCUT2D eigenvalue weighted by Gasteiger charge is -2.23. The van der Waals surface area contributed by atoms with Crippen LogP contribution in [0.25, 0.3) is 0 Å². The Morgan fingerprint density at radius 1 is 1.15 bits per heavy atom. The van der Waals surface area contributed by atoms with E-state index in [1.165, 1.54) is 9.78 Å². The van der Waals surface area contributed by atoms with Crippen molar-refractivity contribution in [3.63, 3.8) is 0 Å². The second-order valence-corrected chi connectivity index (χ2v) is 9.51.